The number of hydrogen-bond acceptors (Lipinski definition) is 4. The van der Waals surface area contributed by atoms with Gasteiger partial charge in [0, 0.05) is 32.0 Å². The zero-order chi connectivity index (χ0) is 13.1. The summed E-state index contributed by atoms with van der Waals surface area (Å²) in [6.07, 6.45) is 1.41. The highest BCUT2D eigenvalue weighted by molar-refractivity contribution is 7.90. The Kier molecular flexibility index (Phi) is 4.25. The fraction of sp³-hybridized carbons (Fsp3) is 0.364. The summed E-state index contributed by atoms with van der Waals surface area (Å²) in [6, 6.07) is 6.17. The Labute approximate surface area is 101 Å². The fourth-order valence-electron chi connectivity index (χ4n) is 1.35. The normalized spacial score (nSPS) is 11.2. The average Bonchev–Trinajstić information content (AvgIpc) is 2.27. The molecule has 0 radical (unpaired) electrons. The van der Waals surface area contributed by atoms with Crippen LogP contribution in [-0.4, -0.2) is 34.2 Å². The van der Waals surface area contributed by atoms with Crippen molar-refractivity contribution in [1.82, 2.24) is 0 Å². The summed E-state index contributed by atoms with van der Waals surface area (Å²) in [4.78, 5) is 13.2. The smallest absolute Gasteiger partial charge is 0.227 e. The molecule has 6 heteroatoms. The molecule has 2 N–H and O–H groups in total. The van der Waals surface area contributed by atoms with E-state index in [1.165, 1.54) is 17.0 Å². The number of carbonyl (C=O) groups excluding carboxylic acids is 1. The van der Waals surface area contributed by atoms with Gasteiger partial charge in [0.1, 0.15) is 0 Å². The van der Waals surface area contributed by atoms with E-state index in [9.17, 15) is 13.2 Å². The second kappa shape index (κ2) is 5.29. The first-order valence-electron chi connectivity index (χ1n) is 5.13. The van der Waals surface area contributed by atoms with Gasteiger partial charge in [0.25, 0.3) is 0 Å². The average molecular weight is 256 g/mol. The number of rotatable bonds is 4. The van der Waals surface area contributed by atoms with Crippen molar-refractivity contribution in [3.63, 3.8) is 0 Å². The molecule has 0 saturated carbocycles. The van der Waals surface area contributed by atoms with Crippen LogP contribution in [0.1, 0.15) is 6.42 Å². The van der Waals surface area contributed by atoms with Gasteiger partial charge in [-0.25, -0.2) is 8.42 Å². The molecule has 0 atom stereocenters. The summed E-state index contributed by atoms with van der Waals surface area (Å²) in [5.41, 5.74) is 5.95. The third kappa shape index (κ3) is 3.54. The molecule has 0 bridgehead atoms. The summed E-state index contributed by atoms with van der Waals surface area (Å²) < 4.78 is 22.5. The van der Waals surface area contributed by atoms with Gasteiger partial charge in [-0.3, -0.25) is 4.79 Å². The Morgan fingerprint density at radius 2 is 1.82 bits per heavy atom. The van der Waals surface area contributed by atoms with Gasteiger partial charge in [0.15, 0.2) is 9.84 Å². The summed E-state index contributed by atoms with van der Waals surface area (Å²) >= 11 is 0. The SMILES string of the molecule is CN(C(=O)CCN)c1ccc(S(C)(=O)=O)cc1. The highest BCUT2D eigenvalue weighted by Crippen LogP contribution is 2.17. The first kappa shape index (κ1) is 13.7. The van der Waals surface area contributed by atoms with E-state index in [0.29, 0.717) is 12.2 Å². The lowest BCUT2D eigenvalue weighted by Crippen LogP contribution is -2.28. The van der Waals surface area contributed by atoms with E-state index in [4.69, 9.17) is 5.73 Å². The molecule has 5 nitrogen and oxygen atoms in total. The van der Waals surface area contributed by atoms with Crippen molar-refractivity contribution in [3.8, 4) is 0 Å². The second-order valence-corrected chi connectivity index (χ2v) is 5.77. The Hall–Kier alpha value is -1.40. The topological polar surface area (TPSA) is 80.5 Å². The van der Waals surface area contributed by atoms with E-state index in [1.54, 1.807) is 19.2 Å². The van der Waals surface area contributed by atoms with Crippen LogP contribution in [-0.2, 0) is 14.6 Å². The molecule has 0 heterocycles. The van der Waals surface area contributed by atoms with Crippen LogP contribution in [0, 0.1) is 0 Å². The highest BCUT2D eigenvalue weighted by atomic mass is 32.2. The zero-order valence-corrected chi connectivity index (χ0v) is 10.7. The third-order valence-corrected chi connectivity index (χ3v) is 3.51. The molecule has 1 amide bonds. The van der Waals surface area contributed by atoms with Gasteiger partial charge in [-0.2, -0.15) is 0 Å². The van der Waals surface area contributed by atoms with Crippen LogP contribution >= 0.6 is 0 Å². The van der Waals surface area contributed by atoms with Crippen LogP contribution in [0.15, 0.2) is 29.2 Å². The minimum absolute atomic E-state index is 0.0976. The summed E-state index contributed by atoms with van der Waals surface area (Å²) in [5.74, 6) is -0.0976. The fourth-order valence-corrected chi connectivity index (χ4v) is 1.98. The number of benzene rings is 1. The Balaban J connectivity index is 2.92. The van der Waals surface area contributed by atoms with Crippen LogP contribution in [0.25, 0.3) is 0 Å². The van der Waals surface area contributed by atoms with Crippen molar-refractivity contribution in [1.29, 1.82) is 0 Å². The monoisotopic (exact) mass is 256 g/mol. The first-order valence-corrected chi connectivity index (χ1v) is 7.02. The van der Waals surface area contributed by atoms with Gasteiger partial charge < -0.3 is 10.6 Å². The number of amides is 1. The van der Waals surface area contributed by atoms with E-state index in [1.807, 2.05) is 0 Å². The van der Waals surface area contributed by atoms with Gasteiger partial charge in [-0.1, -0.05) is 0 Å². The molecule has 1 rings (SSSR count). The Morgan fingerprint density at radius 1 is 1.29 bits per heavy atom. The predicted molar refractivity (Wildman–Crippen MR) is 66.6 cm³/mol. The molecular formula is C11H16N2O3S. The van der Waals surface area contributed by atoms with Crippen molar-refractivity contribution in [3.05, 3.63) is 24.3 Å². The number of hydrogen-bond donors (Lipinski definition) is 1. The molecular weight excluding hydrogens is 240 g/mol. The Morgan fingerprint density at radius 3 is 2.24 bits per heavy atom. The van der Waals surface area contributed by atoms with Crippen LogP contribution in [0.2, 0.25) is 0 Å². The van der Waals surface area contributed by atoms with Crippen LogP contribution in [0.3, 0.4) is 0 Å². The number of sulfone groups is 1. The maximum Gasteiger partial charge on any atom is 0.227 e. The van der Waals surface area contributed by atoms with E-state index in [0.717, 1.165) is 6.26 Å². The van der Waals surface area contributed by atoms with Gasteiger partial charge >= 0.3 is 0 Å². The summed E-state index contributed by atoms with van der Waals surface area (Å²) in [6.45, 7) is 0.296. The minimum Gasteiger partial charge on any atom is -0.330 e. The molecule has 0 aliphatic carbocycles. The largest absolute Gasteiger partial charge is 0.330 e. The number of carbonyl (C=O) groups is 1. The first-order chi connectivity index (χ1) is 7.86. The minimum atomic E-state index is -3.20. The molecule has 0 aliphatic rings. The number of nitrogens with zero attached hydrogens (tertiary/aromatic N) is 1. The quantitative estimate of drug-likeness (QED) is 0.845. The molecule has 0 aliphatic heterocycles. The molecule has 0 fully saturated rings. The van der Waals surface area contributed by atoms with E-state index in [2.05, 4.69) is 0 Å². The molecule has 1 aromatic carbocycles. The standard InChI is InChI=1S/C11H16N2O3S/c1-13(11(14)7-8-12)9-3-5-10(6-4-9)17(2,15)16/h3-6H,7-8,12H2,1-2H3. The van der Waals surface area contributed by atoms with E-state index < -0.39 is 9.84 Å². The van der Waals surface area contributed by atoms with Crippen molar-refractivity contribution in [2.24, 2.45) is 5.73 Å². The molecule has 17 heavy (non-hydrogen) atoms. The van der Waals surface area contributed by atoms with Crippen molar-refractivity contribution < 1.29 is 13.2 Å². The molecule has 0 saturated heterocycles. The molecule has 1 aromatic rings. The van der Waals surface area contributed by atoms with Crippen molar-refractivity contribution in [2.75, 3.05) is 24.7 Å². The van der Waals surface area contributed by atoms with Crippen LogP contribution in [0.5, 0.6) is 0 Å². The van der Waals surface area contributed by atoms with Crippen molar-refractivity contribution in [2.45, 2.75) is 11.3 Å². The molecule has 0 spiro atoms. The van der Waals surface area contributed by atoms with Gasteiger partial charge in [-0.15, -0.1) is 0 Å². The Bertz CT molecular complexity index is 494. The third-order valence-electron chi connectivity index (χ3n) is 2.38. The lowest BCUT2D eigenvalue weighted by molar-refractivity contribution is -0.118. The predicted octanol–water partition coefficient (Wildman–Crippen LogP) is 0.402. The molecule has 0 unspecified atom stereocenters. The summed E-state index contributed by atoms with van der Waals surface area (Å²) in [7, 11) is -1.57. The van der Waals surface area contributed by atoms with Crippen LogP contribution < -0.4 is 10.6 Å². The maximum absolute atomic E-state index is 11.6. The van der Waals surface area contributed by atoms with Gasteiger partial charge in [0.2, 0.25) is 5.91 Å². The zero-order valence-electron chi connectivity index (χ0n) is 9.88. The lowest BCUT2D eigenvalue weighted by Gasteiger charge is -2.17. The number of nitrogens with two attached hydrogens (primary N) is 1. The van der Waals surface area contributed by atoms with Crippen LogP contribution in [0.4, 0.5) is 5.69 Å². The molecule has 0 aromatic heterocycles. The van der Waals surface area contributed by atoms with E-state index >= 15 is 0 Å². The van der Waals surface area contributed by atoms with Gasteiger partial charge in [-0.05, 0) is 24.3 Å². The van der Waals surface area contributed by atoms with E-state index in [-0.39, 0.29) is 17.2 Å². The number of anilines is 1. The second-order valence-electron chi connectivity index (χ2n) is 3.76. The molecule has 94 valence electrons. The lowest BCUT2D eigenvalue weighted by atomic mass is 10.3. The van der Waals surface area contributed by atoms with Crippen molar-refractivity contribution >= 4 is 21.4 Å². The summed E-state index contributed by atoms with van der Waals surface area (Å²) in [5, 5.41) is 0. The maximum atomic E-state index is 11.6. The van der Waals surface area contributed by atoms with Gasteiger partial charge in [0.05, 0.1) is 4.90 Å². The highest BCUT2D eigenvalue weighted by Gasteiger charge is 2.11.